The van der Waals surface area contributed by atoms with E-state index in [1.54, 1.807) is 36.3 Å². The van der Waals surface area contributed by atoms with Crippen molar-refractivity contribution < 1.29 is 0 Å². The highest BCUT2D eigenvalue weighted by Crippen LogP contribution is 2.34. The predicted molar refractivity (Wildman–Crippen MR) is 84.3 cm³/mol. The molecule has 4 rings (SSSR count). The molecule has 6 heteroatoms. The number of fused-ring (bicyclic) bond motifs is 3. The van der Waals surface area contributed by atoms with Crippen LogP contribution in [0.2, 0.25) is 0 Å². The fraction of sp³-hybridized carbons (Fsp3) is 0.0667. The average Bonchev–Trinajstić information content (AvgIpc) is 2.93. The molecule has 4 aromatic heterocycles. The van der Waals surface area contributed by atoms with Gasteiger partial charge >= 0.3 is 0 Å². The summed E-state index contributed by atoms with van der Waals surface area (Å²) in [7, 11) is 0. The van der Waals surface area contributed by atoms with Crippen molar-refractivity contribution in [3.8, 4) is 0 Å². The second-order valence-electron chi connectivity index (χ2n) is 4.57. The van der Waals surface area contributed by atoms with Crippen molar-refractivity contribution in [2.45, 2.75) is 6.54 Å². The van der Waals surface area contributed by atoms with Crippen molar-refractivity contribution in [1.29, 1.82) is 0 Å². The molecule has 0 spiro atoms. The lowest BCUT2D eigenvalue weighted by Crippen LogP contribution is -2.01. The summed E-state index contributed by atoms with van der Waals surface area (Å²) in [6.45, 7) is 0.705. The van der Waals surface area contributed by atoms with Crippen molar-refractivity contribution >= 4 is 37.6 Å². The first-order valence-electron chi connectivity index (χ1n) is 6.53. The molecule has 0 unspecified atom stereocenters. The third-order valence-electron chi connectivity index (χ3n) is 3.24. The van der Waals surface area contributed by atoms with Gasteiger partial charge in [0.2, 0.25) is 0 Å². The van der Waals surface area contributed by atoms with E-state index in [0.717, 1.165) is 31.8 Å². The maximum atomic E-state index is 4.39. The number of pyridine rings is 2. The van der Waals surface area contributed by atoms with Gasteiger partial charge in [0.25, 0.3) is 0 Å². The number of anilines is 1. The summed E-state index contributed by atoms with van der Waals surface area (Å²) in [5, 5.41) is 4.44. The molecule has 0 radical (unpaired) electrons. The van der Waals surface area contributed by atoms with E-state index in [2.05, 4.69) is 25.3 Å². The molecule has 0 saturated carbocycles. The quantitative estimate of drug-likeness (QED) is 0.628. The summed E-state index contributed by atoms with van der Waals surface area (Å²) < 4.78 is 1.04. The van der Waals surface area contributed by atoms with Gasteiger partial charge in [0.1, 0.15) is 17.0 Å². The van der Waals surface area contributed by atoms with E-state index in [9.17, 15) is 0 Å². The van der Waals surface area contributed by atoms with Crippen LogP contribution in [0.4, 0.5) is 5.82 Å². The van der Waals surface area contributed by atoms with Crippen LogP contribution in [0.3, 0.4) is 0 Å². The molecule has 0 aliphatic rings. The van der Waals surface area contributed by atoms with Crippen molar-refractivity contribution in [3.63, 3.8) is 0 Å². The maximum absolute atomic E-state index is 4.39. The molecule has 0 fully saturated rings. The van der Waals surface area contributed by atoms with Crippen molar-refractivity contribution in [2.75, 3.05) is 5.32 Å². The molecule has 0 aromatic carbocycles. The Hall–Kier alpha value is -2.60. The maximum Gasteiger partial charge on any atom is 0.147 e. The van der Waals surface area contributed by atoms with Gasteiger partial charge < -0.3 is 5.32 Å². The van der Waals surface area contributed by atoms with Gasteiger partial charge in [-0.15, -0.1) is 11.3 Å². The van der Waals surface area contributed by atoms with Gasteiger partial charge in [0.05, 0.1) is 10.2 Å². The van der Waals surface area contributed by atoms with Crippen LogP contribution in [-0.2, 0) is 6.54 Å². The van der Waals surface area contributed by atoms with E-state index in [4.69, 9.17) is 0 Å². The molecule has 4 aromatic rings. The summed E-state index contributed by atoms with van der Waals surface area (Å²) in [6.07, 6.45) is 6.97. The van der Waals surface area contributed by atoms with E-state index < -0.39 is 0 Å². The van der Waals surface area contributed by atoms with Crippen LogP contribution in [0.5, 0.6) is 0 Å². The highest BCUT2D eigenvalue weighted by atomic mass is 32.1. The van der Waals surface area contributed by atoms with E-state index in [1.165, 1.54) is 0 Å². The minimum absolute atomic E-state index is 0.705. The van der Waals surface area contributed by atoms with Gasteiger partial charge in [-0.05, 0) is 29.8 Å². The van der Waals surface area contributed by atoms with E-state index in [1.807, 2.05) is 24.3 Å². The Balaban J connectivity index is 1.75. The third-order valence-corrected chi connectivity index (χ3v) is 4.35. The van der Waals surface area contributed by atoms with Gasteiger partial charge in [-0.1, -0.05) is 0 Å². The van der Waals surface area contributed by atoms with Crippen molar-refractivity contribution in [1.82, 2.24) is 19.9 Å². The fourth-order valence-electron chi connectivity index (χ4n) is 2.22. The largest absolute Gasteiger partial charge is 0.365 e. The van der Waals surface area contributed by atoms with Crippen LogP contribution in [-0.4, -0.2) is 19.9 Å². The Labute approximate surface area is 124 Å². The molecular formula is C15H11N5S. The summed E-state index contributed by atoms with van der Waals surface area (Å²) in [5.41, 5.74) is 2.12. The minimum Gasteiger partial charge on any atom is -0.365 e. The highest BCUT2D eigenvalue weighted by Gasteiger charge is 2.11. The molecule has 0 atom stereocenters. The zero-order valence-electron chi connectivity index (χ0n) is 11.0. The van der Waals surface area contributed by atoms with Gasteiger partial charge in [-0.2, -0.15) is 0 Å². The molecule has 0 saturated heterocycles. The number of aromatic nitrogens is 4. The van der Waals surface area contributed by atoms with Crippen LogP contribution < -0.4 is 5.32 Å². The van der Waals surface area contributed by atoms with E-state index in [0.29, 0.717) is 6.54 Å². The predicted octanol–water partition coefficient (Wildman–Crippen LogP) is 3.25. The number of hydrogen-bond acceptors (Lipinski definition) is 6. The lowest BCUT2D eigenvalue weighted by atomic mass is 10.2. The smallest absolute Gasteiger partial charge is 0.147 e. The summed E-state index contributed by atoms with van der Waals surface area (Å²) in [5.74, 6) is 0.847. The molecule has 0 aliphatic heterocycles. The molecule has 1 N–H and O–H groups in total. The molecule has 5 nitrogen and oxygen atoms in total. The van der Waals surface area contributed by atoms with Crippen molar-refractivity contribution in [2.24, 2.45) is 0 Å². The van der Waals surface area contributed by atoms with E-state index >= 15 is 0 Å². The lowest BCUT2D eigenvalue weighted by Gasteiger charge is -2.05. The zero-order chi connectivity index (χ0) is 14.1. The van der Waals surface area contributed by atoms with Crippen molar-refractivity contribution in [3.05, 3.63) is 54.7 Å². The number of rotatable bonds is 3. The highest BCUT2D eigenvalue weighted by molar-refractivity contribution is 7.25. The molecule has 0 aliphatic carbocycles. The lowest BCUT2D eigenvalue weighted by molar-refractivity contribution is 1.09. The third kappa shape index (κ3) is 2.19. The monoisotopic (exact) mass is 293 g/mol. The van der Waals surface area contributed by atoms with Gasteiger partial charge in [-0.25, -0.2) is 15.0 Å². The first-order valence-corrected chi connectivity index (χ1v) is 7.34. The van der Waals surface area contributed by atoms with Crippen LogP contribution in [0.25, 0.3) is 20.4 Å². The Kier molecular flexibility index (Phi) is 2.93. The van der Waals surface area contributed by atoms with Crippen LogP contribution >= 0.6 is 11.3 Å². The second kappa shape index (κ2) is 5.06. The zero-order valence-corrected chi connectivity index (χ0v) is 11.8. The number of nitrogens with one attached hydrogen (secondary N) is 1. The number of hydrogen-bond donors (Lipinski definition) is 1. The topological polar surface area (TPSA) is 63.6 Å². The van der Waals surface area contributed by atoms with Gasteiger partial charge in [0, 0.05) is 30.5 Å². The Morgan fingerprint density at radius 3 is 2.81 bits per heavy atom. The Morgan fingerprint density at radius 2 is 1.90 bits per heavy atom. The Morgan fingerprint density at radius 1 is 1.00 bits per heavy atom. The van der Waals surface area contributed by atoms with Crippen LogP contribution in [0, 0.1) is 0 Å². The van der Waals surface area contributed by atoms with Gasteiger partial charge in [-0.3, -0.25) is 4.98 Å². The summed E-state index contributed by atoms with van der Waals surface area (Å²) in [6, 6.07) is 7.94. The summed E-state index contributed by atoms with van der Waals surface area (Å²) >= 11 is 1.61. The molecule has 0 amide bonds. The second-order valence-corrected chi connectivity index (χ2v) is 5.57. The van der Waals surface area contributed by atoms with Crippen LogP contribution in [0.1, 0.15) is 5.56 Å². The minimum atomic E-state index is 0.705. The SMILES string of the molecule is c1cnc2sc3c(NCc4ccncc4)ncnc3c2c1. The molecule has 21 heavy (non-hydrogen) atoms. The molecule has 4 heterocycles. The number of thiophene rings is 1. The number of nitrogens with zero attached hydrogens (tertiary/aromatic N) is 4. The van der Waals surface area contributed by atoms with Gasteiger partial charge in [0.15, 0.2) is 0 Å². The molecule has 102 valence electrons. The Bertz CT molecular complexity index is 904. The summed E-state index contributed by atoms with van der Waals surface area (Å²) in [4.78, 5) is 18.2. The average molecular weight is 293 g/mol. The first kappa shape index (κ1) is 12.2. The first-order chi connectivity index (χ1) is 10.4. The standard InChI is InChI=1S/C15H11N5S/c1-2-11-12-13(21-15(11)17-5-1)14(20-9-19-12)18-8-10-3-6-16-7-4-10/h1-7,9H,8H2,(H,18,19,20). The fourth-order valence-corrected chi connectivity index (χ4v) is 3.29. The molecular weight excluding hydrogens is 282 g/mol. The van der Waals surface area contributed by atoms with E-state index in [-0.39, 0.29) is 0 Å². The van der Waals surface area contributed by atoms with Crippen LogP contribution in [0.15, 0.2) is 49.2 Å². The normalized spacial score (nSPS) is 11.0. The molecule has 0 bridgehead atoms.